The number of imidazole rings is 1. The minimum Gasteiger partial charge on any atom is -0.366 e. The van der Waals surface area contributed by atoms with Crippen molar-refractivity contribution in [3.05, 3.63) is 60.8 Å². The molecule has 1 fully saturated rings. The van der Waals surface area contributed by atoms with E-state index in [0.717, 1.165) is 22.7 Å². The highest BCUT2D eigenvalue weighted by Crippen LogP contribution is 2.26. The van der Waals surface area contributed by atoms with E-state index in [1.165, 1.54) is 42.9 Å². The lowest BCUT2D eigenvalue weighted by Gasteiger charge is -2.23. The Hall–Kier alpha value is -2.88. The molecule has 0 atom stereocenters. The lowest BCUT2D eigenvalue weighted by atomic mass is 9.95. The molecule has 1 N–H and O–H groups in total. The molecule has 2 aromatic heterocycles. The average molecular weight is 342 g/mol. The van der Waals surface area contributed by atoms with Gasteiger partial charge in [0.25, 0.3) is 0 Å². The van der Waals surface area contributed by atoms with Gasteiger partial charge in [-0.15, -0.1) is 5.10 Å². The molecule has 0 bridgehead atoms. The number of nitrogens with zero attached hydrogens (tertiary/aromatic N) is 3. The Kier molecular flexibility index (Phi) is 3.81. The summed E-state index contributed by atoms with van der Waals surface area (Å²) >= 11 is 0. The summed E-state index contributed by atoms with van der Waals surface area (Å²) in [5, 5.41) is 10.9. The zero-order valence-electron chi connectivity index (χ0n) is 14.7. The molecule has 4 heteroatoms. The monoisotopic (exact) mass is 342 g/mol. The molecule has 130 valence electrons. The van der Waals surface area contributed by atoms with Gasteiger partial charge in [-0.1, -0.05) is 55.7 Å². The van der Waals surface area contributed by atoms with Crippen LogP contribution in [0.1, 0.15) is 32.1 Å². The number of anilines is 1. The van der Waals surface area contributed by atoms with E-state index in [1.54, 1.807) is 0 Å². The van der Waals surface area contributed by atoms with E-state index in [2.05, 4.69) is 52.8 Å². The van der Waals surface area contributed by atoms with Gasteiger partial charge in [0.2, 0.25) is 0 Å². The third-order valence-corrected chi connectivity index (χ3v) is 5.36. The summed E-state index contributed by atoms with van der Waals surface area (Å²) in [6.45, 7) is 0. The predicted molar refractivity (Wildman–Crippen MR) is 106 cm³/mol. The fourth-order valence-electron chi connectivity index (χ4n) is 3.95. The largest absolute Gasteiger partial charge is 0.366 e. The number of nitrogens with one attached hydrogen (secondary N) is 1. The van der Waals surface area contributed by atoms with Gasteiger partial charge in [0, 0.05) is 11.6 Å². The van der Waals surface area contributed by atoms with Crippen molar-refractivity contribution < 1.29 is 0 Å². The standard InChI is InChI=1S/C22H22N4/c1-2-8-19(9-3-1)24-21-12-13-22-23-15-20(26(22)25-21)18-11-10-16-6-4-5-7-17(16)14-18/h4-7,10-15,19H,1-3,8-9H2,(H,24,25). The van der Waals surface area contributed by atoms with Crippen LogP contribution in [0.2, 0.25) is 0 Å². The highest BCUT2D eigenvalue weighted by Gasteiger charge is 2.14. The van der Waals surface area contributed by atoms with Crippen LogP contribution in [0.4, 0.5) is 5.82 Å². The second kappa shape index (κ2) is 6.45. The maximum atomic E-state index is 4.83. The van der Waals surface area contributed by atoms with Crippen molar-refractivity contribution >= 4 is 22.2 Å². The van der Waals surface area contributed by atoms with Gasteiger partial charge in [0.15, 0.2) is 5.65 Å². The first kappa shape index (κ1) is 15.4. The molecule has 1 aliphatic carbocycles. The third kappa shape index (κ3) is 2.81. The van der Waals surface area contributed by atoms with E-state index >= 15 is 0 Å². The first-order chi connectivity index (χ1) is 12.9. The van der Waals surface area contributed by atoms with Crippen molar-refractivity contribution in [2.24, 2.45) is 0 Å². The molecule has 0 unspecified atom stereocenters. The Morgan fingerprint density at radius 3 is 2.62 bits per heavy atom. The molecule has 0 radical (unpaired) electrons. The van der Waals surface area contributed by atoms with Crippen LogP contribution in [0.25, 0.3) is 27.7 Å². The van der Waals surface area contributed by atoms with Crippen LogP contribution in [0.3, 0.4) is 0 Å². The zero-order valence-corrected chi connectivity index (χ0v) is 14.7. The van der Waals surface area contributed by atoms with Gasteiger partial charge in [0.1, 0.15) is 5.82 Å². The summed E-state index contributed by atoms with van der Waals surface area (Å²) in [5.41, 5.74) is 3.04. The van der Waals surface area contributed by atoms with Crippen LogP contribution >= 0.6 is 0 Å². The van der Waals surface area contributed by atoms with E-state index in [0.29, 0.717) is 6.04 Å². The normalized spacial score (nSPS) is 15.5. The van der Waals surface area contributed by atoms with Crippen molar-refractivity contribution in [3.8, 4) is 11.3 Å². The third-order valence-electron chi connectivity index (χ3n) is 5.36. The van der Waals surface area contributed by atoms with Crippen LogP contribution in [0, 0.1) is 0 Å². The Balaban J connectivity index is 1.53. The number of hydrogen-bond donors (Lipinski definition) is 1. The molecule has 0 amide bonds. The van der Waals surface area contributed by atoms with Crippen molar-refractivity contribution in [2.45, 2.75) is 38.1 Å². The lowest BCUT2D eigenvalue weighted by molar-refractivity contribution is 0.461. The summed E-state index contributed by atoms with van der Waals surface area (Å²) in [6, 6.07) is 19.6. The first-order valence-electron chi connectivity index (χ1n) is 9.47. The topological polar surface area (TPSA) is 42.2 Å². The summed E-state index contributed by atoms with van der Waals surface area (Å²) in [7, 11) is 0. The van der Waals surface area contributed by atoms with Crippen LogP contribution < -0.4 is 5.32 Å². The number of fused-ring (bicyclic) bond motifs is 2. The van der Waals surface area contributed by atoms with E-state index in [4.69, 9.17) is 5.10 Å². The van der Waals surface area contributed by atoms with Crippen LogP contribution in [0.15, 0.2) is 60.8 Å². The minimum atomic E-state index is 0.543. The number of rotatable bonds is 3. The van der Waals surface area contributed by atoms with Crippen molar-refractivity contribution in [1.82, 2.24) is 14.6 Å². The molecule has 2 aromatic carbocycles. The molecule has 26 heavy (non-hydrogen) atoms. The predicted octanol–water partition coefficient (Wildman–Crippen LogP) is 5.29. The van der Waals surface area contributed by atoms with Gasteiger partial charge in [-0.05, 0) is 41.8 Å². The van der Waals surface area contributed by atoms with Gasteiger partial charge in [-0.3, -0.25) is 0 Å². The number of benzene rings is 2. The second-order valence-electron chi connectivity index (χ2n) is 7.17. The van der Waals surface area contributed by atoms with Crippen molar-refractivity contribution in [3.63, 3.8) is 0 Å². The average Bonchev–Trinajstić information content (AvgIpc) is 3.12. The smallest absolute Gasteiger partial charge is 0.154 e. The van der Waals surface area contributed by atoms with Gasteiger partial charge in [-0.25, -0.2) is 9.50 Å². The van der Waals surface area contributed by atoms with E-state index in [-0.39, 0.29) is 0 Å². The molecule has 0 spiro atoms. The first-order valence-corrected chi connectivity index (χ1v) is 9.47. The highest BCUT2D eigenvalue weighted by molar-refractivity contribution is 5.87. The molecule has 4 nitrogen and oxygen atoms in total. The van der Waals surface area contributed by atoms with Crippen LogP contribution in [0.5, 0.6) is 0 Å². The molecule has 1 saturated carbocycles. The Morgan fingerprint density at radius 1 is 0.885 bits per heavy atom. The lowest BCUT2D eigenvalue weighted by Crippen LogP contribution is -2.23. The van der Waals surface area contributed by atoms with Gasteiger partial charge in [-0.2, -0.15) is 0 Å². The minimum absolute atomic E-state index is 0.543. The fraction of sp³-hybridized carbons (Fsp3) is 0.273. The maximum absolute atomic E-state index is 4.83. The second-order valence-corrected chi connectivity index (χ2v) is 7.17. The molecule has 0 saturated heterocycles. The van der Waals surface area contributed by atoms with E-state index < -0.39 is 0 Å². The van der Waals surface area contributed by atoms with E-state index in [1.807, 2.05) is 22.8 Å². The Morgan fingerprint density at radius 2 is 1.73 bits per heavy atom. The molecular weight excluding hydrogens is 320 g/mol. The van der Waals surface area contributed by atoms with Gasteiger partial charge >= 0.3 is 0 Å². The molecule has 0 aliphatic heterocycles. The van der Waals surface area contributed by atoms with Gasteiger partial charge in [0.05, 0.1) is 11.9 Å². The molecule has 5 rings (SSSR count). The number of aromatic nitrogens is 3. The SMILES string of the molecule is c1ccc2cc(-c3cnc4ccc(NC5CCCCC5)nn34)ccc2c1. The molecular formula is C22H22N4. The highest BCUT2D eigenvalue weighted by atomic mass is 15.3. The summed E-state index contributed by atoms with van der Waals surface area (Å²) < 4.78 is 1.95. The van der Waals surface area contributed by atoms with Crippen LogP contribution in [-0.4, -0.2) is 20.6 Å². The summed E-state index contributed by atoms with van der Waals surface area (Å²) in [4.78, 5) is 4.54. The summed E-state index contributed by atoms with van der Waals surface area (Å²) in [5.74, 6) is 0.935. The molecule has 2 heterocycles. The number of hydrogen-bond acceptors (Lipinski definition) is 3. The molecule has 1 aliphatic rings. The van der Waals surface area contributed by atoms with Crippen LogP contribution in [-0.2, 0) is 0 Å². The van der Waals surface area contributed by atoms with Crippen molar-refractivity contribution in [2.75, 3.05) is 5.32 Å². The van der Waals surface area contributed by atoms with Crippen molar-refractivity contribution in [1.29, 1.82) is 0 Å². The zero-order chi connectivity index (χ0) is 17.3. The van der Waals surface area contributed by atoms with E-state index in [9.17, 15) is 0 Å². The Labute approximate surface area is 152 Å². The van der Waals surface area contributed by atoms with Gasteiger partial charge < -0.3 is 5.32 Å². The summed E-state index contributed by atoms with van der Waals surface area (Å²) in [6.07, 6.45) is 8.37. The quantitative estimate of drug-likeness (QED) is 0.550. The molecule has 4 aromatic rings. The Bertz CT molecular complexity index is 1060. The fourth-order valence-corrected chi connectivity index (χ4v) is 3.95. The maximum Gasteiger partial charge on any atom is 0.154 e.